The summed E-state index contributed by atoms with van der Waals surface area (Å²) in [6, 6.07) is 7.33. The van der Waals surface area contributed by atoms with Crippen LogP contribution in [0.5, 0.6) is 0 Å². The highest BCUT2D eigenvalue weighted by Crippen LogP contribution is 2.26. The van der Waals surface area contributed by atoms with E-state index in [0.717, 1.165) is 11.1 Å². The Hall–Kier alpha value is -2.12. The minimum absolute atomic E-state index is 0.0906. The molecule has 0 spiro atoms. The van der Waals surface area contributed by atoms with E-state index in [-0.39, 0.29) is 17.9 Å². The molecule has 2 rings (SSSR count). The maximum absolute atomic E-state index is 11.9. The molecule has 104 valence electrons. The Kier molecular flexibility index (Phi) is 4.54. The first-order chi connectivity index (χ1) is 9.63. The largest absolute Gasteiger partial charge is 0.320 e. The number of hydrogen-bond donors (Lipinski definition) is 1. The highest BCUT2D eigenvalue weighted by atomic mass is 16.2. The molecular formula is C16H18N2O2. The number of carbonyl (C=O) groups excluding carboxylic acids is 2. The van der Waals surface area contributed by atoms with E-state index in [9.17, 15) is 9.59 Å². The molecule has 1 aliphatic rings. The van der Waals surface area contributed by atoms with Gasteiger partial charge in [-0.05, 0) is 31.0 Å². The summed E-state index contributed by atoms with van der Waals surface area (Å²) in [6.07, 6.45) is 1.55. The van der Waals surface area contributed by atoms with Crippen molar-refractivity contribution in [3.63, 3.8) is 0 Å². The van der Waals surface area contributed by atoms with Crippen molar-refractivity contribution in [3.05, 3.63) is 35.4 Å². The number of benzene rings is 1. The molecule has 0 aliphatic carbocycles. The Morgan fingerprint density at radius 3 is 2.65 bits per heavy atom. The van der Waals surface area contributed by atoms with Crippen molar-refractivity contribution in [2.45, 2.75) is 32.2 Å². The van der Waals surface area contributed by atoms with Crippen molar-refractivity contribution < 1.29 is 9.59 Å². The van der Waals surface area contributed by atoms with E-state index in [2.05, 4.69) is 11.8 Å². The summed E-state index contributed by atoms with van der Waals surface area (Å²) < 4.78 is 0. The lowest BCUT2D eigenvalue weighted by atomic mass is 10.0. The number of likely N-dealkylation sites (tertiary alicyclic amines) is 1. The molecule has 0 radical (unpaired) electrons. The minimum Gasteiger partial charge on any atom is -0.320 e. The first-order valence-electron chi connectivity index (χ1n) is 6.77. The third kappa shape index (κ3) is 3.06. The van der Waals surface area contributed by atoms with Crippen molar-refractivity contribution in [2.75, 3.05) is 6.54 Å². The molecule has 1 fully saturated rings. The third-order valence-electron chi connectivity index (χ3n) is 3.41. The van der Waals surface area contributed by atoms with E-state index in [1.165, 1.54) is 4.90 Å². The van der Waals surface area contributed by atoms with Crippen LogP contribution in [0, 0.1) is 11.8 Å². The van der Waals surface area contributed by atoms with Crippen LogP contribution in [0.2, 0.25) is 0 Å². The lowest BCUT2D eigenvalue weighted by Crippen LogP contribution is -2.41. The summed E-state index contributed by atoms with van der Waals surface area (Å²) in [5.41, 5.74) is 7.11. The highest BCUT2D eigenvalue weighted by molar-refractivity contribution is 5.98. The Balaban J connectivity index is 2.26. The molecule has 4 heteroatoms. The highest BCUT2D eigenvalue weighted by Gasteiger charge is 2.30. The zero-order chi connectivity index (χ0) is 14.5. The van der Waals surface area contributed by atoms with Gasteiger partial charge in [0.15, 0.2) is 0 Å². The zero-order valence-electron chi connectivity index (χ0n) is 11.6. The van der Waals surface area contributed by atoms with Gasteiger partial charge in [-0.2, -0.15) is 0 Å². The lowest BCUT2D eigenvalue weighted by Gasteiger charge is -2.31. The Morgan fingerprint density at radius 1 is 1.30 bits per heavy atom. The number of nitrogens with two attached hydrogens (primary N) is 1. The molecule has 0 aromatic heterocycles. The van der Waals surface area contributed by atoms with Gasteiger partial charge < -0.3 is 5.73 Å². The van der Waals surface area contributed by atoms with Crippen molar-refractivity contribution in [1.82, 2.24) is 4.90 Å². The first-order valence-corrected chi connectivity index (χ1v) is 6.77. The summed E-state index contributed by atoms with van der Waals surface area (Å²) in [4.78, 5) is 25.2. The molecule has 0 saturated carbocycles. The van der Waals surface area contributed by atoms with Crippen LogP contribution in [0.25, 0.3) is 0 Å². The van der Waals surface area contributed by atoms with Crippen LogP contribution in [0.3, 0.4) is 0 Å². The second-order valence-electron chi connectivity index (χ2n) is 4.82. The van der Waals surface area contributed by atoms with Gasteiger partial charge >= 0.3 is 0 Å². The maximum Gasteiger partial charge on any atom is 0.229 e. The van der Waals surface area contributed by atoms with E-state index in [4.69, 9.17) is 5.73 Å². The molecule has 20 heavy (non-hydrogen) atoms. The van der Waals surface area contributed by atoms with Crippen LogP contribution in [-0.2, 0) is 9.59 Å². The maximum atomic E-state index is 11.9. The van der Waals surface area contributed by atoms with Gasteiger partial charge in [0, 0.05) is 18.4 Å². The topological polar surface area (TPSA) is 63.4 Å². The van der Waals surface area contributed by atoms with E-state index in [1.54, 1.807) is 0 Å². The summed E-state index contributed by atoms with van der Waals surface area (Å²) >= 11 is 0. The zero-order valence-corrected chi connectivity index (χ0v) is 11.6. The monoisotopic (exact) mass is 270 g/mol. The molecular weight excluding hydrogens is 252 g/mol. The molecule has 1 heterocycles. The van der Waals surface area contributed by atoms with Crippen molar-refractivity contribution in [2.24, 2.45) is 5.73 Å². The van der Waals surface area contributed by atoms with Crippen LogP contribution in [0.4, 0.5) is 0 Å². The summed E-state index contributed by atoms with van der Waals surface area (Å²) in [5, 5.41) is 0. The molecule has 1 unspecified atom stereocenters. The number of nitrogens with zero attached hydrogens (tertiary/aromatic N) is 1. The second kappa shape index (κ2) is 6.36. The number of rotatable bonds is 2. The average Bonchev–Trinajstić information content (AvgIpc) is 2.45. The summed E-state index contributed by atoms with van der Waals surface area (Å²) in [6.45, 7) is 2.18. The number of imide groups is 1. The summed E-state index contributed by atoms with van der Waals surface area (Å²) in [5.74, 6) is 5.58. The quantitative estimate of drug-likeness (QED) is 0.656. The Bertz CT molecular complexity index is 568. The summed E-state index contributed by atoms with van der Waals surface area (Å²) in [7, 11) is 0. The van der Waals surface area contributed by atoms with Crippen LogP contribution >= 0.6 is 0 Å². The van der Waals surface area contributed by atoms with Crippen LogP contribution < -0.4 is 5.73 Å². The number of hydrogen-bond acceptors (Lipinski definition) is 3. The van der Waals surface area contributed by atoms with E-state index < -0.39 is 0 Å². The van der Waals surface area contributed by atoms with Crippen molar-refractivity contribution >= 4 is 11.8 Å². The third-order valence-corrected chi connectivity index (χ3v) is 3.41. The Labute approximate surface area is 118 Å². The van der Waals surface area contributed by atoms with Crippen molar-refractivity contribution in [3.8, 4) is 11.8 Å². The standard InChI is InChI=1S/C16H18N2O2/c1-12(18-15(19)8-3-9-16(18)20)14-7-2-5-13(11-14)6-4-10-17/h2,5,7,11-12H,3,8-10,17H2,1H3. The minimum atomic E-state index is -0.255. The fourth-order valence-electron chi connectivity index (χ4n) is 2.38. The van der Waals surface area contributed by atoms with Crippen LogP contribution in [-0.4, -0.2) is 23.3 Å². The van der Waals surface area contributed by atoms with E-state index >= 15 is 0 Å². The molecule has 0 bridgehead atoms. The Morgan fingerprint density at radius 2 is 2.00 bits per heavy atom. The van der Waals surface area contributed by atoms with E-state index in [1.807, 2.05) is 31.2 Å². The predicted molar refractivity (Wildman–Crippen MR) is 76.5 cm³/mol. The van der Waals surface area contributed by atoms with Crippen molar-refractivity contribution in [1.29, 1.82) is 0 Å². The smallest absolute Gasteiger partial charge is 0.229 e. The van der Waals surface area contributed by atoms with Gasteiger partial charge in [0.05, 0.1) is 12.6 Å². The fraction of sp³-hybridized carbons (Fsp3) is 0.375. The molecule has 1 aliphatic heterocycles. The SMILES string of the molecule is CC(c1cccc(C#CCN)c1)N1C(=O)CCCC1=O. The second-order valence-corrected chi connectivity index (χ2v) is 4.82. The van der Waals surface area contributed by atoms with Gasteiger partial charge in [0.2, 0.25) is 11.8 Å². The molecule has 2 N–H and O–H groups in total. The lowest BCUT2D eigenvalue weighted by molar-refractivity contribution is -0.150. The van der Waals surface area contributed by atoms with Gasteiger partial charge in [-0.15, -0.1) is 0 Å². The number of carbonyl (C=O) groups is 2. The molecule has 2 amide bonds. The molecule has 1 aromatic rings. The molecule has 4 nitrogen and oxygen atoms in total. The fourth-order valence-corrected chi connectivity index (χ4v) is 2.38. The molecule has 1 atom stereocenters. The van der Waals surface area contributed by atoms with E-state index in [0.29, 0.717) is 25.8 Å². The first kappa shape index (κ1) is 14.3. The van der Waals surface area contributed by atoms with Gasteiger partial charge in [0.25, 0.3) is 0 Å². The molecule has 1 aromatic carbocycles. The number of amides is 2. The van der Waals surface area contributed by atoms with Gasteiger partial charge in [-0.1, -0.05) is 24.0 Å². The van der Waals surface area contributed by atoms with Gasteiger partial charge in [0.1, 0.15) is 0 Å². The van der Waals surface area contributed by atoms with Gasteiger partial charge in [-0.25, -0.2) is 0 Å². The average molecular weight is 270 g/mol. The predicted octanol–water partition coefficient (Wildman–Crippen LogP) is 1.60. The normalized spacial score (nSPS) is 16.6. The van der Waals surface area contributed by atoms with Crippen LogP contribution in [0.15, 0.2) is 24.3 Å². The number of piperidine rings is 1. The van der Waals surface area contributed by atoms with Crippen LogP contribution in [0.1, 0.15) is 43.4 Å². The molecule has 1 saturated heterocycles. The van der Waals surface area contributed by atoms with Gasteiger partial charge in [-0.3, -0.25) is 14.5 Å².